The number of H-pyrrole nitrogens is 1. The maximum atomic E-state index is 15.1. The molecule has 0 spiro atoms. The zero-order chi connectivity index (χ0) is 28.9. The van der Waals surface area contributed by atoms with E-state index >= 15 is 4.39 Å². The van der Waals surface area contributed by atoms with Gasteiger partial charge in [0.1, 0.15) is 17.2 Å². The molecule has 1 saturated carbocycles. The lowest BCUT2D eigenvalue weighted by Gasteiger charge is -2.28. The monoisotopic (exact) mass is 562 g/mol. The summed E-state index contributed by atoms with van der Waals surface area (Å²) in [5.41, 5.74) is 0.382. The van der Waals surface area contributed by atoms with Gasteiger partial charge in [-0.2, -0.15) is 5.10 Å². The summed E-state index contributed by atoms with van der Waals surface area (Å²) < 4.78 is 26.7. The molecule has 41 heavy (non-hydrogen) atoms. The molecule has 6 rings (SSSR count). The molecule has 10 heteroatoms. The standard InChI is InChI=1S/C31H35FN4O5/c1-31(2,3)41-30(39)36-14-12-26-27(36)11-13-35(26)29(38)23-15-18(7-10-24(23)32)16-25-22-17-20(40-19-5-4-6-19)8-9-21(22)28(37)34-33-25/h7-10,15,17,19,26-27H,4-6,11-14,16H2,1-3H3,(H,34,37). The summed E-state index contributed by atoms with van der Waals surface area (Å²) in [6, 6.07) is 9.54. The van der Waals surface area contributed by atoms with Gasteiger partial charge in [0.05, 0.1) is 34.8 Å². The van der Waals surface area contributed by atoms with Crippen LogP contribution in [0.5, 0.6) is 5.75 Å². The first-order chi connectivity index (χ1) is 19.6. The van der Waals surface area contributed by atoms with Crippen LogP contribution >= 0.6 is 0 Å². The number of rotatable bonds is 5. The number of benzene rings is 2. The fourth-order valence-corrected chi connectivity index (χ4v) is 6.07. The summed E-state index contributed by atoms with van der Waals surface area (Å²) in [7, 11) is 0. The zero-order valence-electron chi connectivity index (χ0n) is 23.6. The van der Waals surface area contributed by atoms with Crippen molar-refractivity contribution in [1.82, 2.24) is 20.0 Å². The summed E-state index contributed by atoms with van der Waals surface area (Å²) >= 11 is 0. The van der Waals surface area contributed by atoms with Gasteiger partial charge >= 0.3 is 6.09 Å². The van der Waals surface area contributed by atoms with Crippen LogP contribution in [-0.4, -0.2) is 68.9 Å². The molecule has 3 aromatic rings. The molecule has 1 aliphatic carbocycles. The van der Waals surface area contributed by atoms with Gasteiger partial charge in [0, 0.05) is 24.9 Å². The first-order valence-corrected chi connectivity index (χ1v) is 14.3. The molecule has 2 aliphatic heterocycles. The molecule has 2 unspecified atom stereocenters. The lowest BCUT2D eigenvalue weighted by molar-refractivity contribution is 0.0221. The van der Waals surface area contributed by atoms with E-state index in [1.165, 1.54) is 6.07 Å². The highest BCUT2D eigenvalue weighted by atomic mass is 19.1. The number of carbonyl (C=O) groups excluding carboxylic acids is 2. The number of ether oxygens (including phenoxy) is 2. The van der Waals surface area contributed by atoms with Crippen molar-refractivity contribution in [3.05, 3.63) is 69.4 Å². The predicted octanol–water partition coefficient (Wildman–Crippen LogP) is 4.81. The van der Waals surface area contributed by atoms with Crippen LogP contribution in [0.1, 0.15) is 74.5 Å². The molecule has 1 N–H and O–H groups in total. The first kappa shape index (κ1) is 27.2. The summed E-state index contributed by atoms with van der Waals surface area (Å²) in [4.78, 5) is 42.2. The van der Waals surface area contributed by atoms with E-state index in [1.807, 2.05) is 26.8 Å². The van der Waals surface area contributed by atoms with Gasteiger partial charge in [-0.25, -0.2) is 14.3 Å². The van der Waals surface area contributed by atoms with Gasteiger partial charge in [-0.15, -0.1) is 0 Å². The Balaban J connectivity index is 1.22. The van der Waals surface area contributed by atoms with Crippen molar-refractivity contribution in [2.75, 3.05) is 13.1 Å². The molecular weight excluding hydrogens is 527 g/mol. The number of likely N-dealkylation sites (tertiary alicyclic amines) is 2. The first-order valence-electron chi connectivity index (χ1n) is 14.3. The molecule has 9 nitrogen and oxygen atoms in total. The average molecular weight is 563 g/mol. The van der Waals surface area contributed by atoms with Crippen LogP contribution in [0.2, 0.25) is 0 Å². The SMILES string of the molecule is CC(C)(C)OC(=O)N1CCC2C1CCN2C(=O)c1cc(Cc2n[nH]c(=O)c3ccc(OC4CCC4)cc23)ccc1F. The van der Waals surface area contributed by atoms with Gasteiger partial charge in [-0.1, -0.05) is 6.07 Å². The third-order valence-electron chi connectivity index (χ3n) is 8.29. The lowest BCUT2D eigenvalue weighted by Crippen LogP contribution is -2.43. The number of hydrogen-bond acceptors (Lipinski definition) is 6. The number of nitrogens with zero attached hydrogens (tertiary/aromatic N) is 3. The predicted molar refractivity (Wildman–Crippen MR) is 151 cm³/mol. The Morgan fingerprint density at radius 2 is 1.73 bits per heavy atom. The van der Waals surface area contributed by atoms with Gasteiger partial charge in [0.25, 0.3) is 11.5 Å². The minimum absolute atomic E-state index is 0.0124. The summed E-state index contributed by atoms with van der Waals surface area (Å²) in [5, 5.41) is 8.01. The van der Waals surface area contributed by atoms with Gasteiger partial charge in [0.15, 0.2) is 0 Å². The van der Waals surface area contributed by atoms with E-state index in [1.54, 1.807) is 34.1 Å². The topological polar surface area (TPSA) is 105 Å². The Kier molecular flexibility index (Phi) is 6.95. The van der Waals surface area contributed by atoms with Crippen molar-refractivity contribution in [3.63, 3.8) is 0 Å². The second kappa shape index (κ2) is 10.5. The van der Waals surface area contributed by atoms with Gasteiger partial charge in [0.2, 0.25) is 0 Å². The fraction of sp³-hybridized carbons (Fsp3) is 0.484. The quantitative estimate of drug-likeness (QED) is 0.479. The Morgan fingerprint density at radius 3 is 2.44 bits per heavy atom. The van der Waals surface area contributed by atoms with Crippen molar-refractivity contribution >= 4 is 22.8 Å². The molecule has 216 valence electrons. The van der Waals surface area contributed by atoms with Crippen molar-refractivity contribution in [3.8, 4) is 5.75 Å². The molecular formula is C31H35FN4O5. The molecule has 0 radical (unpaired) electrons. The number of amides is 2. The molecule has 3 aliphatic rings. The average Bonchev–Trinajstić information content (AvgIpc) is 3.50. The number of hydrogen-bond donors (Lipinski definition) is 1. The fourth-order valence-electron chi connectivity index (χ4n) is 6.07. The van der Waals surface area contributed by atoms with Gasteiger partial charge in [-0.05, 0) is 88.8 Å². The largest absolute Gasteiger partial charge is 0.490 e. The second-order valence-corrected chi connectivity index (χ2v) is 12.3. The Bertz CT molecular complexity index is 1560. The highest BCUT2D eigenvalue weighted by Gasteiger charge is 2.47. The van der Waals surface area contributed by atoms with E-state index in [9.17, 15) is 14.4 Å². The smallest absolute Gasteiger partial charge is 0.410 e. The van der Waals surface area contributed by atoms with Crippen LogP contribution in [0.25, 0.3) is 10.8 Å². The highest BCUT2D eigenvalue weighted by Crippen LogP contribution is 2.34. The van der Waals surface area contributed by atoms with E-state index in [0.717, 1.165) is 19.3 Å². The van der Waals surface area contributed by atoms with Crippen LogP contribution < -0.4 is 10.3 Å². The molecule has 1 aromatic heterocycles. The molecule has 3 fully saturated rings. The van der Waals surface area contributed by atoms with Crippen molar-refractivity contribution < 1.29 is 23.5 Å². The Labute approximate surface area is 237 Å². The normalized spacial score (nSPS) is 20.7. The number of nitrogens with one attached hydrogen (secondary N) is 1. The van der Waals surface area contributed by atoms with Crippen LogP contribution in [0.4, 0.5) is 9.18 Å². The van der Waals surface area contributed by atoms with Crippen molar-refractivity contribution in [2.24, 2.45) is 0 Å². The third kappa shape index (κ3) is 5.39. The second-order valence-electron chi connectivity index (χ2n) is 12.3. The number of carbonyl (C=O) groups is 2. The number of halogens is 1. The summed E-state index contributed by atoms with van der Waals surface area (Å²) in [6.45, 7) is 6.41. The number of fused-ring (bicyclic) bond motifs is 2. The summed E-state index contributed by atoms with van der Waals surface area (Å²) in [6.07, 6.45) is 4.53. The summed E-state index contributed by atoms with van der Waals surface area (Å²) in [5.74, 6) is -0.301. The lowest BCUT2D eigenvalue weighted by atomic mass is 9.96. The van der Waals surface area contributed by atoms with Gasteiger partial charge < -0.3 is 19.3 Å². The molecule has 2 aromatic carbocycles. The van der Waals surface area contributed by atoms with E-state index in [-0.39, 0.29) is 35.4 Å². The van der Waals surface area contributed by atoms with Crippen LogP contribution in [0, 0.1) is 5.82 Å². The third-order valence-corrected chi connectivity index (χ3v) is 8.29. The van der Waals surface area contributed by atoms with E-state index in [4.69, 9.17) is 9.47 Å². The van der Waals surface area contributed by atoms with Crippen molar-refractivity contribution in [2.45, 2.75) is 83.1 Å². The van der Waals surface area contributed by atoms with E-state index < -0.39 is 17.3 Å². The number of aromatic amines is 1. The van der Waals surface area contributed by atoms with E-state index in [0.29, 0.717) is 60.1 Å². The molecule has 2 saturated heterocycles. The minimum atomic E-state index is -0.607. The Hall–Kier alpha value is -3.95. The van der Waals surface area contributed by atoms with Crippen molar-refractivity contribution in [1.29, 1.82) is 0 Å². The van der Waals surface area contributed by atoms with Crippen LogP contribution in [0.3, 0.4) is 0 Å². The maximum absolute atomic E-state index is 15.1. The van der Waals surface area contributed by atoms with E-state index in [2.05, 4.69) is 10.2 Å². The maximum Gasteiger partial charge on any atom is 0.410 e. The van der Waals surface area contributed by atoms with Gasteiger partial charge in [-0.3, -0.25) is 9.59 Å². The molecule has 2 atom stereocenters. The Morgan fingerprint density at radius 1 is 1.00 bits per heavy atom. The van der Waals surface area contributed by atoms with Crippen LogP contribution in [0.15, 0.2) is 41.2 Å². The molecule has 0 bridgehead atoms. The van der Waals surface area contributed by atoms with Crippen LogP contribution in [-0.2, 0) is 11.2 Å². The number of aromatic nitrogens is 2. The molecule has 3 heterocycles. The highest BCUT2D eigenvalue weighted by molar-refractivity contribution is 5.95. The zero-order valence-corrected chi connectivity index (χ0v) is 23.6. The minimum Gasteiger partial charge on any atom is -0.490 e. The molecule has 2 amide bonds.